The fourth-order valence-electron chi connectivity index (χ4n) is 2.13. The van der Waals surface area contributed by atoms with E-state index in [1.165, 1.54) is 0 Å². The number of carbonyl (C=O) groups is 2. The van der Waals surface area contributed by atoms with Gasteiger partial charge < -0.3 is 16.0 Å². The summed E-state index contributed by atoms with van der Waals surface area (Å²) in [5, 5.41) is 2.87. The molecule has 5 heteroatoms. The van der Waals surface area contributed by atoms with Gasteiger partial charge in [-0.3, -0.25) is 9.59 Å². The molecule has 1 saturated carbocycles. The second kappa shape index (κ2) is 6.72. The molecule has 1 aromatic carbocycles. The SMILES string of the molecule is CC(CN)CNC(=O)c1ccccc1N(C)C(=O)C1CC1. The van der Waals surface area contributed by atoms with Crippen molar-refractivity contribution in [1.82, 2.24) is 5.32 Å². The van der Waals surface area contributed by atoms with E-state index >= 15 is 0 Å². The summed E-state index contributed by atoms with van der Waals surface area (Å²) in [5.74, 6) is 0.280. The Morgan fingerprint density at radius 1 is 1.38 bits per heavy atom. The third kappa shape index (κ3) is 3.82. The van der Waals surface area contributed by atoms with Gasteiger partial charge in [0.2, 0.25) is 5.91 Å². The van der Waals surface area contributed by atoms with E-state index in [4.69, 9.17) is 5.73 Å². The maximum Gasteiger partial charge on any atom is 0.253 e. The zero-order valence-electron chi connectivity index (χ0n) is 12.6. The highest BCUT2D eigenvalue weighted by Crippen LogP contribution is 2.33. The molecule has 1 aliphatic rings. The highest BCUT2D eigenvalue weighted by atomic mass is 16.2. The molecule has 2 amide bonds. The summed E-state index contributed by atoms with van der Waals surface area (Å²) < 4.78 is 0. The number of nitrogens with zero attached hydrogens (tertiary/aromatic N) is 1. The predicted octanol–water partition coefficient (Wildman–Crippen LogP) is 1.38. The Labute approximate surface area is 125 Å². The topological polar surface area (TPSA) is 75.4 Å². The zero-order valence-corrected chi connectivity index (χ0v) is 12.6. The van der Waals surface area contributed by atoms with E-state index in [9.17, 15) is 9.59 Å². The lowest BCUT2D eigenvalue weighted by molar-refractivity contribution is -0.119. The van der Waals surface area contributed by atoms with E-state index in [0.717, 1.165) is 12.8 Å². The van der Waals surface area contributed by atoms with Crippen molar-refractivity contribution in [2.45, 2.75) is 19.8 Å². The number of carbonyl (C=O) groups excluding carboxylic acids is 2. The van der Waals surface area contributed by atoms with Gasteiger partial charge in [-0.25, -0.2) is 0 Å². The maximum atomic E-state index is 12.3. The third-order valence-electron chi connectivity index (χ3n) is 3.78. The molecule has 0 radical (unpaired) electrons. The van der Waals surface area contributed by atoms with Crippen LogP contribution in [0.15, 0.2) is 24.3 Å². The molecule has 0 aromatic heterocycles. The van der Waals surface area contributed by atoms with Gasteiger partial charge in [-0.1, -0.05) is 19.1 Å². The van der Waals surface area contributed by atoms with Crippen LogP contribution in [0.2, 0.25) is 0 Å². The van der Waals surface area contributed by atoms with Crippen LogP contribution in [0.4, 0.5) is 5.69 Å². The number of benzene rings is 1. The molecule has 1 aliphatic carbocycles. The van der Waals surface area contributed by atoms with Crippen molar-refractivity contribution in [2.24, 2.45) is 17.6 Å². The molecular formula is C16H23N3O2. The quantitative estimate of drug-likeness (QED) is 0.831. The Balaban J connectivity index is 2.12. The molecule has 0 bridgehead atoms. The molecule has 0 spiro atoms. The number of hydrogen-bond donors (Lipinski definition) is 2. The van der Waals surface area contributed by atoms with Crippen molar-refractivity contribution in [3.63, 3.8) is 0 Å². The van der Waals surface area contributed by atoms with Gasteiger partial charge in [0, 0.05) is 19.5 Å². The number of amides is 2. The molecule has 0 aliphatic heterocycles. The lowest BCUT2D eigenvalue weighted by Gasteiger charge is -2.20. The number of nitrogens with two attached hydrogens (primary N) is 1. The highest BCUT2D eigenvalue weighted by Gasteiger charge is 2.33. The first-order valence-electron chi connectivity index (χ1n) is 7.39. The molecule has 1 aromatic rings. The molecule has 1 fully saturated rings. The molecule has 114 valence electrons. The molecule has 2 rings (SSSR count). The number of nitrogens with one attached hydrogen (secondary N) is 1. The van der Waals surface area contributed by atoms with Crippen LogP contribution in [0.1, 0.15) is 30.1 Å². The minimum Gasteiger partial charge on any atom is -0.352 e. The van der Waals surface area contributed by atoms with Gasteiger partial charge in [-0.15, -0.1) is 0 Å². The molecular weight excluding hydrogens is 266 g/mol. The van der Waals surface area contributed by atoms with Crippen LogP contribution in [0.3, 0.4) is 0 Å². The number of anilines is 1. The first-order chi connectivity index (χ1) is 10.0. The first-order valence-corrected chi connectivity index (χ1v) is 7.39. The van der Waals surface area contributed by atoms with Crippen LogP contribution in [-0.4, -0.2) is 32.0 Å². The highest BCUT2D eigenvalue weighted by molar-refractivity contribution is 6.05. The van der Waals surface area contributed by atoms with Gasteiger partial charge >= 0.3 is 0 Å². The molecule has 0 heterocycles. The maximum absolute atomic E-state index is 12.3. The van der Waals surface area contributed by atoms with Gasteiger partial charge in [0.05, 0.1) is 11.3 Å². The van der Waals surface area contributed by atoms with Crippen molar-refractivity contribution in [2.75, 3.05) is 25.0 Å². The smallest absolute Gasteiger partial charge is 0.253 e. The van der Waals surface area contributed by atoms with Crippen molar-refractivity contribution in [1.29, 1.82) is 0 Å². The average Bonchev–Trinajstić information content (AvgIpc) is 3.35. The van der Waals surface area contributed by atoms with E-state index in [-0.39, 0.29) is 23.7 Å². The summed E-state index contributed by atoms with van der Waals surface area (Å²) in [6, 6.07) is 7.20. The van der Waals surface area contributed by atoms with Gasteiger partial charge in [-0.2, -0.15) is 0 Å². The normalized spacial score (nSPS) is 15.4. The molecule has 0 saturated heterocycles. The summed E-state index contributed by atoms with van der Waals surface area (Å²) >= 11 is 0. The Kier molecular flexibility index (Phi) is 4.96. The Hall–Kier alpha value is -1.88. The van der Waals surface area contributed by atoms with Crippen LogP contribution in [-0.2, 0) is 4.79 Å². The second-order valence-electron chi connectivity index (χ2n) is 5.74. The van der Waals surface area contributed by atoms with E-state index in [2.05, 4.69) is 5.32 Å². The molecule has 5 nitrogen and oxygen atoms in total. The molecule has 21 heavy (non-hydrogen) atoms. The Bertz CT molecular complexity index is 526. The minimum atomic E-state index is -0.165. The predicted molar refractivity (Wildman–Crippen MR) is 83.1 cm³/mol. The van der Waals surface area contributed by atoms with Crippen molar-refractivity contribution in [3.05, 3.63) is 29.8 Å². The Morgan fingerprint density at radius 3 is 2.67 bits per heavy atom. The summed E-state index contributed by atoms with van der Waals surface area (Å²) in [6.45, 7) is 3.04. The van der Waals surface area contributed by atoms with Gasteiger partial charge in [0.1, 0.15) is 0 Å². The van der Waals surface area contributed by atoms with Crippen molar-refractivity contribution >= 4 is 17.5 Å². The number of para-hydroxylation sites is 1. The van der Waals surface area contributed by atoms with E-state index in [1.54, 1.807) is 24.1 Å². The van der Waals surface area contributed by atoms with E-state index in [0.29, 0.717) is 24.3 Å². The monoisotopic (exact) mass is 289 g/mol. The molecule has 3 N–H and O–H groups in total. The van der Waals surface area contributed by atoms with Crippen LogP contribution in [0.5, 0.6) is 0 Å². The number of hydrogen-bond acceptors (Lipinski definition) is 3. The second-order valence-corrected chi connectivity index (χ2v) is 5.74. The van der Waals surface area contributed by atoms with Crippen LogP contribution < -0.4 is 16.0 Å². The molecule has 1 atom stereocenters. The van der Waals surface area contributed by atoms with Crippen LogP contribution >= 0.6 is 0 Å². The largest absolute Gasteiger partial charge is 0.352 e. The van der Waals surface area contributed by atoms with Crippen molar-refractivity contribution < 1.29 is 9.59 Å². The third-order valence-corrected chi connectivity index (χ3v) is 3.78. The lowest BCUT2D eigenvalue weighted by atomic mass is 10.1. The van der Waals surface area contributed by atoms with E-state index in [1.807, 2.05) is 19.1 Å². The summed E-state index contributed by atoms with van der Waals surface area (Å²) in [4.78, 5) is 26.1. The molecule has 1 unspecified atom stereocenters. The standard InChI is InChI=1S/C16H23N3O2/c1-11(9-17)10-18-15(20)13-5-3-4-6-14(13)19(2)16(21)12-7-8-12/h3-6,11-12H,7-10,17H2,1-2H3,(H,18,20). The Morgan fingerprint density at radius 2 is 2.05 bits per heavy atom. The van der Waals surface area contributed by atoms with Crippen LogP contribution in [0.25, 0.3) is 0 Å². The summed E-state index contributed by atoms with van der Waals surface area (Å²) in [6.07, 6.45) is 1.90. The van der Waals surface area contributed by atoms with Crippen LogP contribution in [0, 0.1) is 11.8 Å². The summed E-state index contributed by atoms with van der Waals surface area (Å²) in [5.41, 5.74) is 6.74. The summed E-state index contributed by atoms with van der Waals surface area (Å²) in [7, 11) is 1.73. The fraction of sp³-hybridized carbons (Fsp3) is 0.500. The van der Waals surface area contributed by atoms with E-state index < -0.39 is 0 Å². The fourth-order valence-corrected chi connectivity index (χ4v) is 2.13. The van der Waals surface area contributed by atoms with Crippen molar-refractivity contribution in [3.8, 4) is 0 Å². The van der Waals surface area contributed by atoms with Gasteiger partial charge in [0.25, 0.3) is 5.91 Å². The van der Waals surface area contributed by atoms with Gasteiger partial charge in [0.15, 0.2) is 0 Å². The zero-order chi connectivity index (χ0) is 15.4. The number of rotatable bonds is 6. The minimum absolute atomic E-state index is 0.0885. The first kappa shape index (κ1) is 15.5. The lowest BCUT2D eigenvalue weighted by Crippen LogP contribution is -2.34. The van der Waals surface area contributed by atoms with Gasteiger partial charge in [-0.05, 0) is 37.4 Å². The average molecular weight is 289 g/mol.